The second-order valence-electron chi connectivity index (χ2n) is 26.3. The van der Waals surface area contributed by atoms with Crippen LogP contribution in [0.1, 0.15) is 77.5 Å². The van der Waals surface area contributed by atoms with Crippen LogP contribution in [0.3, 0.4) is 0 Å². The third-order valence-corrected chi connectivity index (χ3v) is 36.8. The molecule has 0 radical (unpaired) electrons. The number of hydrogen-bond acceptors (Lipinski definition) is 12. The Balaban J connectivity index is 0.000000156. The number of ether oxygens (including phenoxy) is 6. The van der Waals surface area contributed by atoms with Crippen molar-refractivity contribution in [3.05, 3.63) is 400 Å². The number of esters is 6. The second-order valence-corrected chi connectivity index (χ2v) is 42.5. The molecule has 15 rings (SSSR count). The Hall–Kier alpha value is -6.48. The standard InChI is InChI=1S/C32H26I3O4S.2C32H20I3O4S/c2*33-27-18-19-28(34)30(35)29(27)32(37)39-23-9-7-8-21(20-23)31(36)38-22-14-16-26(17-15-22)40(24-10-3-1-4-11-24)25-12-5-2-6-13-25;33-26-19-20-27(34)30(35)29(26)32(37)39-28-14-8-7-13-25(28)31(36)38-21-15-17-24(18-16-21)40(22-9-3-1-4-10-22)23-11-5-2-6-12-23/h1-6,10-19,21,23H,7-9,20H2;2*1-20H/q3*+1. The molecule has 0 bridgehead atoms. The Morgan fingerprint density at radius 2 is 0.583 bits per heavy atom. The topological polar surface area (TPSA) is 158 Å². The Kier molecular flexibility index (Phi) is 34.1. The van der Waals surface area contributed by atoms with Gasteiger partial charge in [-0.1, -0.05) is 127 Å². The van der Waals surface area contributed by atoms with Gasteiger partial charge in [0.2, 0.25) is 0 Å². The lowest BCUT2D eigenvalue weighted by molar-refractivity contribution is -0.141. The average Bonchev–Trinajstić information content (AvgIpc) is 0.825. The molecule has 0 heterocycles. The first-order chi connectivity index (χ1) is 58.2. The minimum absolute atomic E-state index is 0.147. The summed E-state index contributed by atoms with van der Waals surface area (Å²) in [5.74, 6) is -1.24. The number of rotatable bonds is 21. The lowest BCUT2D eigenvalue weighted by Gasteiger charge is -2.28. The maximum Gasteiger partial charge on any atom is 0.347 e. The van der Waals surface area contributed by atoms with Crippen molar-refractivity contribution in [3.63, 3.8) is 0 Å². The fourth-order valence-electron chi connectivity index (χ4n) is 12.6. The van der Waals surface area contributed by atoms with Crippen LogP contribution >= 0.6 is 203 Å². The van der Waals surface area contributed by atoms with Gasteiger partial charge in [-0.2, -0.15) is 0 Å². The molecule has 0 N–H and O–H groups in total. The second kappa shape index (κ2) is 44.9. The summed E-state index contributed by atoms with van der Waals surface area (Å²) in [6.45, 7) is 0. The van der Waals surface area contributed by atoms with E-state index in [0.717, 1.165) is 66.1 Å². The first-order valence-electron chi connectivity index (χ1n) is 37.0. The molecule has 14 aromatic rings. The molecule has 0 amide bonds. The molecule has 12 nitrogen and oxygen atoms in total. The van der Waals surface area contributed by atoms with Gasteiger partial charge in [-0.05, 0) is 441 Å². The lowest BCUT2D eigenvalue weighted by Crippen LogP contribution is -2.32. The number of carbonyl (C=O) groups excluding carboxylic acids is 6. The molecule has 120 heavy (non-hydrogen) atoms. The molecule has 1 aliphatic rings. The average molecular weight is 2650 g/mol. The highest BCUT2D eigenvalue weighted by atomic mass is 127. The van der Waals surface area contributed by atoms with Crippen molar-refractivity contribution >= 4 is 272 Å². The predicted molar refractivity (Wildman–Crippen MR) is 548 cm³/mol. The van der Waals surface area contributed by atoms with Crippen LogP contribution in [0, 0.1) is 38.0 Å². The minimum Gasteiger partial charge on any atom is -0.459 e. The first kappa shape index (κ1) is 91.2. The molecule has 2 atom stereocenters. The maximum absolute atomic E-state index is 13.2. The highest BCUT2D eigenvalue weighted by molar-refractivity contribution is 14.1. The van der Waals surface area contributed by atoms with E-state index in [9.17, 15) is 28.8 Å². The minimum atomic E-state index is -0.603. The predicted octanol–water partition coefficient (Wildman–Crippen LogP) is 27.0. The van der Waals surface area contributed by atoms with E-state index >= 15 is 0 Å². The van der Waals surface area contributed by atoms with Crippen LogP contribution in [0.4, 0.5) is 0 Å². The largest absolute Gasteiger partial charge is 0.459 e. The van der Waals surface area contributed by atoms with E-state index in [4.69, 9.17) is 28.4 Å². The Labute approximate surface area is 827 Å². The van der Waals surface area contributed by atoms with Crippen molar-refractivity contribution in [2.75, 3.05) is 0 Å². The van der Waals surface area contributed by atoms with Gasteiger partial charge in [0.1, 0.15) is 40.4 Å². The van der Waals surface area contributed by atoms with E-state index in [1.807, 2.05) is 182 Å². The Morgan fingerprint density at radius 3 is 0.975 bits per heavy atom. The molecule has 0 aliphatic heterocycles. The van der Waals surface area contributed by atoms with Crippen molar-refractivity contribution in [1.29, 1.82) is 0 Å². The fraction of sp³-hybridized carbons (Fsp3) is 0.0625. The van der Waals surface area contributed by atoms with E-state index in [1.165, 1.54) is 35.4 Å². The fourth-order valence-corrected chi connectivity index (χ4v) is 25.8. The summed E-state index contributed by atoms with van der Waals surface area (Å²) in [7, 11) is -0.860. The number of hydrogen-bond donors (Lipinski definition) is 0. The summed E-state index contributed by atoms with van der Waals surface area (Å²) in [6.07, 6.45) is 2.47. The Morgan fingerprint density at radius 1 is 0.267 bits per heavy atom. The molecule has 0 saturated heterocycles. The molecule has 2 unspecified atom stereocenters. The molecule has 600 valence electrons. The third kappa shape index (κ3) is 24.1. The zero-order chi connectivity index (χ0) is 84.2. The molecular weight excluding hydrogens is 2580 g/mol. The number of carbonyl (C=O) groups is 6. The van der Waals surface area contributed by atoms with Gasteiger partial charge in [-0.25, -0.2) is 24.0 Å². The molecular formula is C96H66I9O12S3+3. The van der Waals surface area contributed by atoms with Gasteiger partial charge >= 0.3 is 35.8 Å². The molecule has 1 saturated carbocycles. The van der Waals surface area contributed by atoms with Crippen molar-refractivity contribution < 1.29 is 57.2 Å². The van der Waals surface area contributed by atoms with Crippen LogP contribution in [0.25, 0.3) is 0 Å². The van der Waals surface area contributed by atoms with E-state index in [0.29, 0.717) is 40.4 Å². The van der Waals surface area contributed by atoms with E-state index in [1.54, 1.807) is 54.6 Å². The highest BCUT2D eigenvalue weighted by Gasteiger charge is 2.35. The summed E-state index contributed by atoms with van der Waals surface area (Å²) in [4.78, 5) is 89.0. The molecule has 0 spiro atoms. The summed E-state index contributed by atoms with van der Waals surface area (Å²) < 4.78 is 42.3. The summed E-state index contributed by atoms with van der Waals surface area (Å²) in [5, 5.41) is 0. The maximum atomic E-state index is 13.2. The van der Waals surface area contributed by atoms with Crippen LogP contribution in [0.2, 0.25) is 0 Å². The van der Waals surface area contributed by atoms with Crippen LogP contribution in [-0.4, -0.2) is 41.9 Å². The molecule has 14 aromatic carbocycles. The number of benzene rings is 14. The van der Waals surface area contributed by atoms with Crippen molar-refractivity contribution in [2.24, 2.45) is 5.92 Å². The monoisotopic (exact) mass is 2650 g/mol. The van der Waals surface area contributed by atoms with E-state index < -0.39 is 23.9 Å². The van der Waals surface area contributed by atoms with Gasteiger partial charge in [0, 0.05) is 32.1 Å². The molecule has 1 fully saturated rings. The van der Waals surface area contributed by atoms with Crippen LogP contribution < -0.4 is 23.7 Å². The molecule has 24 heteroatoms. The van der Waals surface area contributed by atoms with Crippen LogP contribution in [0.15, 0.2) is 384 Å². The van der Waals surface area contributed by atoms with Gasteiger partial charge in [0.15, 0.2) is 44.1 Å². The highest BCUT2D eigenvalue weighted by Crippen LogP contribution is 2.39. The molecule has 1 aliphatic carbocycles. The summed E-state index contributed by atoms with van der Waals surface area (Å²) in [6, 6.07) is 110. The van der Waals surface area contributed by atoms with Gasteiger partial charge in [-0.3, -0.25) is 4.79 Å². The first-order valence-corrected chi connectivity index (χ1v) is 50.4. The third-order valence-electron chi connectivity index (χ3n) is 18.3. The van der Waals surface area contributed by atoms with Gasteiger partial charge in [0.05, 0.1) is 60.9 Å². The van der Waals surface area contributed by atoms with Gasteiger partial charge in [-0.15, -0.1) is 0 Å². The lowest BCUT2D eigenvalue weighted by atomic mass is 9.87. The van der Waals surface area contributed by atoms with Crippen molar-refractivity contribution in [1.82, 2.24) is 0 Å². The SMILES string of the molecule is O=C(OC1CCCC(C(=O)Oc2ccc([S+](c3ccccc3)c3ccccc3)cc2)C1)c1c(I)ccc(I)c1I.O=C(Oc1ccc([S+](c2ccccc2)c2ccccc2)cc1)c1cccc(OC(=O)c2c(I)ccc(I)c2I)c1.O=C(Oc1ccc([S+](c2ccccc2)c2ccccc2)cc1)c1ccccc1OC(=O)c1c(I)ccc(I)c1I. The zero-order valence-electron chi connectivity index (χ0n) is 62.8. The van der Waals surface area contributed by atoms with E-state index in [2.05, 4.69) is 300 Å². The van der Waals surface area contributed by atoms with Crippen molar-refractivity contribution in [3.8, 4) is 28.7 Å². The quantitative estimate of drug-likeness (QED) is 0.0221. The van der Waals surface area contributed by atoms with Crippen LogP contribution in [0.5, 0.6) is 28.7 Å². The van der Waals surface area contributed by atoms with E-state index in [-0.39, 0.29) is 79.3 Å². The van der Waals surface area contributed by atoms with Gasteiger partial charge in [0.25, 0.3) is 0 Å². The summed E-state index contributed by atoms with van der Waals surface area (Å²) >= 11 is 19.5. The number of halogens is 9. The normalized spacial score (nSPS) is 12.8. The van der Waals surface area contributed by atoms with Gasteiger partial charge < -0.3 is 28.4 Å². The smallest absolute Gasteiger partial charge is 0.347 e. The Bertz CT molecular complexity index is 5840. The summed E-state index contributed by atoms with van der Waals surface area (Å²) in [5.41, 5.74) is 2.03. The van der Waals surface area contributed by atoms with Crippen LogP contribution in [-0.2, 0) is 42.2 Å². The molecule has 0 aromatic heterocycles. The zero-order valence-corrected chi connectivity index (χ0v) is 84.7. The number of para-hydroxylation sites is 1. The van der Waals surface area contributed by atoms with Crippen molar-refractivity contribution in [2.45, 2.75) is 75.8 Å².